The van der Waals surface area contributed by atoms with Gasteiger partial charge in [-0.2, -0.15) is 0 Å². The van der Waals surface area contributed by atoms with Crippen LogP contribution in [0.1, 0.15) is 78.5 Å². The normalized spacial score (nSPS) is 25.9. The van der Waals surface area contributed by atoms with Crippen LogP contribution in [-0.2, 0) is 21.3 Å². The minimum absolute atomic E-state index is 0.135. The Balaban J connectivity index is 0.597. The number of imide groups is 1. The molecule has 2 bridgehead atoms. The van der Waals surface area contributed by atoms with Crippen LogP contribution in [0, 0.1) is 10.8 Å². The Labute approximate surface area is 336 Å². The van der Waals surface area contributed by atoms with Crippen molar-refractivity contribution in [2.24, 2.45) is 17.9 Å². The summed E-state index contributed by atoms with van der Waals surface area (Å²) in [5, 5.41) is 5.02. The summed E-state index contributed by atoms with van der Waals surface area (Å²) in [6.45, 7) is 6.54. The van der Waals surface area contributed by atoms with E-state index in [1.165, 1.54) is 35.7 Å². The maximum absolute atomic E-state index is 13.1. The molecule has 5 fully saturated rings. The lowest BCUT2D eigenvalue weighted by Gasteiger charge is -2.70. The molecule has 4 saturated carbocycles. The molecule has 1 unspecified atom stereocenters. The molecular weight excluding hydrogens is 735 g/mol. The lowest BCUT2D eigenvalue weighted by Crippen LogP contribution is -2.66. The molecule has 6 aliphatic rings. The van der Waals surface area contributed by atoms with Gasteiger partial charge in [0, 0.05) is 78.7 Å². The molecule has 5 aromatic rings. The zero-order valence-electron chi connectivity index (χ0n) is 32.7. The van der Waals surface area contributed by atoms with Crippen molar-refractivity contribution >= 4 is 39.5 Å². The number of amides is 3. The van der Waals surface area contributed by atoms with Crippen molar-refractivity contribution in [1.29, 1.82) is 0 Å². The Morgan fingerprint density at radius 2 is 1.62 bits per heavy atom. The van der Waals surface area contributed by atoms with Crippen LogP contribution in [0.4, 0.5) is 0 Å². The first-order chi connectivity index (χ1) is 28.2. The number of hydrogen-bond acceptors (Lipinski definition) is 9. The van der Waals surface area contributed by atoms with Crippen molar-refractivity contribution in [3.63, 3.8) is 0 Å². The number of allylic oxidation sites excluding steroid dienone is 1. The summed E-state index contributed by atoms with van der Waals surface area (Å²) >= 11 is 0. The van der Waals surface area contributed by atoms with Gasteiger partial charge in [-0.25, -0.2) is 4.98 Å². The highest BCUT2D eigenvalue weighted by molar-refractivity contribution is 6.23. The van der Waals surface area contributed by atoms with E-state index < -0.39 is 17.9 Å². The van der Waals surface area contributed by atoms with Crippen LogP contribution in [0.25, 0.3) is 32.9 Å². The molecule has 2 aromatic carbocycles. The zero-order chi connectivity index (χ0) is 39.6. The fraction of sp³-hybridized carbons (Fsp3) is 0.413. The Morgan fingerprint density at radius 1 is 0.828 bits per heavy atom. The van der Waals surface area contributed by atoms with Gasteiger partial charge in [0.1, 0.15) is 17.9 Å². The maximum Gasteiger partial charge on any atom is 0.262 e. The minimum atomic E-state index is -0.827. The van der Waals surface area contributed by atoms with E-state index in [4.69, 9.17) is 18.9 Å². The molecule has 3 amide bonds. The highest BCUT2D eigenvalue weighted by Gasteiger charge is 2.67. The maximum atomic E-state index is 13.1. The average molecular weight is 782 g/mol. The molecule has 3 aromatic heterocycles. The molecule has 5 heterocycles. The molecule has 11 rings (SSSR count). The summed E-state index contributed by atoms with van der Waals surface area (Å²) in [6.07, 6.45) is 13.9. The van der Waals surface area contributed by atoms with Gasteiger partial charge in [0.25, 0.3) is 11.8 Å². The van der Waals surface area contributed by atoms with Crippen LogP contribution in [0.3, 0.4) is 0 Å². The molecule has 1 saturated heterocycles. The van der Waals surface area contributed by atoms with Crippen LogP contribution < -0.4 is 14.8 Å². The van der Waals surface area contributed by atoms with E-state index in [9.17, 15) is 14.4 Å². The van der Waals surface area contributed by atoms with Crippen LogP contribution in [-0.4, -0.2) is 81.8 Å². The Kier molecular flexibility index (Phi) is 9.09. The first-order valence-corrected chi connectivity index (χ1v) is 20.4. The van der Waals surface area contributed by atoms with Gasteiger partial charge in [-0.15, -0.1) is 0 Å². The van der Waals surface area contributed by atoms with Crippen LogP contribution in [0.15, 0.2) is 85.5 Å². The number of carbonyl (C=O) groups excluding carboxylic acids is 3. The zero-order valence-corrected chi connectivity index (χ0v) is 32.7. The van der Waals surface area contributed by atoms with Crippen molar-refractivity contribution in [2.45, 2.75) is 76.0 Å². The number of aromatic nitrogens is 3. The largest absolute Gasteiger partial charge is 0.494 e. The van der Waals surface area contributed by atoms with Crippen molar-refractivity contribution in [3.05, 3.63) is 96.6 Å². The first-order valence-electron chi connectivity index (χ1n) is 20.4. The first kappa shape index (κ1) is 36.7. The standard InChI is InChI=1S/C46H47N5O7/c1-28-5-11-39(42(52)49-28)51-43(53)35-10-8-31(20-36(35)44(51)54)56-16-4-3-15-55-26-45-23-46(24-45,25-45)27-57-32-18-33(19-32)58-41-12-7-30(21-48-41)29-6-9-34-37-22-47-14-13-38(37)50(2)40(34)17-29/h6-10,12-14,17,20-22,32-33,39H,1,3-5,11,15-16,18-19,23-27H2,2H3,(H,49,52). The third-order valence-corrected chi connectivity index (χ3v) is 13.0. The van der Waals surface area contributed by atoms with Crippen molar-refractivity contribution in [1.82, 2.24) is 24.8 Å². The van der Waals surface area contributed by atoms with E-state index in [1.807, 2.05) is 24.7 Å². The number of nitrogens with one attached hydrogen (secondary N) is 1. The molecule has 12 heteroatoms. The average Bonchev–Trinajstić information content (AvgIpc) is 3.61. The molecular formula is C46H47N5O7. The smallest absolute Gasteiger partial charge is 0.262 e. The number of unbranched alkanes of at least 4 members (excludes halogenated alkanes) is 1. The third kappa shape index (κ3) is 6.52. The van der Waals surface area contributed by atoms with Gasteiger partial charge < -0.3 is 28.8 Å². The predicted octanol–water partition coefficient (Wildman–Crippen LogP) is 7.15. The minimum Gasteiger partial charge on any atom is -0.494 e. The summed E-state index contributed by atoms with van der Waals surface area (Å²) in [5.74, 6) is -0.0984. The second-order valence-electron chi connectivity index (χ2n) is 17.2. The van der Waals surface area contributed by atoms with Gasteiger partial charge in [-0.05, 0) is 97.7 Å². The van der Waals surface area contributed by atoms with Gasteiger partial charge in [0.05, 0.1) is 42.6 Å². The lowest BCUT2D eigenvalue weighted by atomic mass is 9.35. The summed E-state index contributed by atoms with van der Waals surface area (Å²) < 4.78 is 26.8. The lowest BCUT2D eigenvalue weighted by molar-refractivity contribution is -0.263. The second-order valence-corrected chi connectivity index (χ2v) is 17.2. The summed E-state index contributed by atoms with van der Waals surface area (Å²) in [5.41, 5.74) is 6.33. The summed E-state index contributed by atoms with van der Waals surface area (Å²) in [7, 11) is 2.09. The van der Waals surface area contributed by atoms with Gasteiger partial charge >= 0.3 is 0 Å². The number of pyridine rings is 2. The van der Waals surface area contributed by atoms with Crippen LogP contribution in [0.2, 0.25) is 0 Å². The molecule has 2 aliphatic heterocycles. The van der Waals surface area contributed by atoms with Gasteiger partial charge in [0.2, 0.25) is 11.8 Å². The molecule has 0 spiro atoms. The molecule has 58 heavy (non-hydrogen) atoms. The van der Waals surface area contributed by atoms with Gasteiger partial charge in [-0.3, -0.25) is 24.3 Å². The van der Waals surface area contributed by atoms with Crippen molar-refractivity contribution in [2.75, 3.05) is 26.4 Å². The van der Waals surface area contributed by atoms with E-state index in [-0.39, 0.29) is 23.7 Å². The molecule has 1 atom stereocenters. The topological polar surface area (TPSA) is 134 Å². The fourth-order valence-corrected chi connectivity index (χ4v) is 10.0. The number of carbonyl (C=O) groups is 3. The SMILES string of the molecule is C=C1CCC(N2C(=O)c3ccc(OCCCCOCC45CC(COC6CC(Oc7ccc(-c8ccc9c%10cnccc%10n(C)c9c8)cn7)C6)(C4)C5)cc3C2=O)C(=O)N1. The van der Waals surface area contributed by atoms with Crippen LogP contribution >= 0.6 is 0 Å². The number of ether oxygens (including phenoxy) is 4. The summed E-state index contributed by atoms with van der Waals surface area (Å²) in [6, 6.07) is 16.7. The molecule has 1 N–H and O–H groups in total. The van der Waals surface area contributed by atoms with Crippen molar-refractivity contribution in [3.8, 4) is 22.8 Å². The number of aryl methyl sites for hydroxylation is 1. The fourth-order valence-electron chi connectivity index (χ4n) is 10.0. The third-order valence-electron chi connectivity index (χ3n) is 13.0. The Hall–Kier alpha value is -5.59. The Morgan fingerprint density at radius 3 is 2.43 bits per heavy atom. The number of benzene rings is 2. The van der Waals surface area contributed by atoms with Gasteiger partial charge in [-0.1, -0.05) is 18.7 Å². The Bertz CT molecular complexity index is 2450. The van der Waals surface area contributed by atoms with E-state index in [1.54, 1.807) is 18.2 Å². The highest BCUT2D eigenvalue weighted by atomic mass is 16.5. The number of fused-ring (bicyclic) bond motifs is 4. The number of hydrogen-bond donors (Lipinski definition) is 1. The molecule has 298 valence electrons. The predicted molar refractivity (Wildman–Crippen MR) is 216 cm³/mol. The quantitative estimate of drug-likeness (QED) is 0.0869. The van der Waals surface area contributed by atoms with E-state index >= 15 is 0 Å². The van der Waals surface area contributed by atoms with Crippen molar-refractivity contribution < 1.29 is 33.3 Å². The highest BCUT2D eigenvalue weighted by Crippen LogP contribution is 2.73. The van der Waals surface area contributed by atoms with E-state index in [0.717, 1.165) is 60.3 Å². The number of nitrogens with zero attached hydrogens (tertiary/aromatic N) is 4. The van der Waals surface area contributed by atoms with Gasteiger partial charge in [0.15, 0.2) is 0 Å². The number of rotatable bonds is 15. The van der Waals surface area contributed by atoms with E-state index in [2.05, 4.69) is 63.8 Å². The molecule has 0 radical (unpaired) electrons. The molecule has 12 nitrogen and oxygen atoms in total. The van der Waals surface area contributed by atoms with Crippen LogP contribution in [0.5, 0.6) is 11.6 Å². The summed E-state index contributed by atoms with van der Waals surface area (Å²) in [4.78, 5) is 48.6. The van der Waals surface area contributed by atoms with E-state index in [0.29, 0.717) is 59.8 Å². The molecule has 4 aliphatic carbocycles. The number of piperidine rings is 1. The monoisotopic (exact) mass is 781 g/mol. The second kappa shape index (κ2) is 14.4.